The van der Waals surface area contributed by atoms with Crippen molar-refractivity contribution in [3.63, 3.8) is 0 Å². The van der Waals surface area contributed by atoms with Crippen LogP contribution < -0.4 is 5.32 Å². The average Bonchev–Trinajstić information content (AvgIpc) is 2.83. The third-order valence-corrected chi connectivity index (χ3v) is 6.38. The first-order valence-corrected chi connectivity index (χ1v) is 11.1. The molecule has 1 N–H and O–H groups in total. The van der Waals surface area contributed by atoms with Crippen molar-refractivity contribution in [3.8, 4) is 0 Å². The predicted molar refractivity (Wildman–Crippen MR) is 120 cm³/mol. The molecule has 8 heteroatoms. The van der Waals surface area contributed by atoms with E-state index in [4.69, 9.17) is 4.74 Å². The van der Waals surface area contributed by atoms with Crippen molar-refractivity contribution in [2.45, 2.75) is 38.1 Å². The topological polar surface area (TPSA) is 102 Å². The Hall–Kier alpha value is -3.26. The quantitative estimate of drug-likeness (QED) is 0.411. The molecule has 2 aliphatic heterocycles. The van der Waals surface area contributed by atoms with Crippen molar-refractivity contribution in [1.29, 1.82) is 0 Å². The summed E-state index contributed by atoms with van der Waals surface area (Å²) in [6.07, 6.45) is 5.95. The van der Waals surface area contributed by atoms with E-state index < -0.39 is 4.92 Å². The third-order valence-electron chi connectivity index (χ3n) is 6.38. The number of piperidine rings is 2. The van der Waals surface area contributed by atoms with E-state index in [2.05, 4.69) is 10.2 Å². The number of non-ortho nitro benzene ring substituents is 1. The Labute approximate surface area is 186 Å². The molecule has 8 nitrogen and oxygen atoms in total. The zero-order valence-corrected chi connectivity index (χ0v) is 17.9. The molecule has 4 rings (SSSR count). The number of nitro groups is 1. The zero-order chi connectivity index (χ0) is 22.5. The Morgan fingerprint density at radius 2 is 1.66 bits per heavy atom. The monoisotopic (exact) mass is 437 g/mol. The van der Waals surface area contributed by atoms with Gasteiger partial charge in [-0.3, -0.25) is 19.8 Å². The van der Waals surface area contributed by atoms with Crippen molar-refractivity contribution in [2.24, 2.45) is 5.92 Å². The predicted octanol–water partition coefficient (Wildman–Crippen LogP) is 4.27. The molecule has 0 spiro atoms. The second-order valence-corrected chi connectivity index (χ2v) is 8.44. The van der Waals surface area contributed by atoms with Gasteiger partial charge < -0.3 is 10.1 Å². The number of hydrogen-bond acceptors (Lipinski definition) is 6. The van der Waals surface area contributed by atoms with Gasteiger partial charge in [0.2, 0.25) is 0 Å². The summed E-state index contributed by atoms with van der Waals surface area (Å²) in [6.45, 7) is 2.75. The van der Waals surface area contributed by atoms with Crippen molar-refractivity contribution in [2.75, 3.05) is 25.0 Å². The van der Waals surface area contributed by atoms with Crippen molar-refractivity contribution < 1.29 is 19.2 Å². The smallest absolute Gasteiger partial charge is 0.338 e. The Morgan fingerprint density at radius 1 is 0.969 bits per heavy atom. The third kappa shape index (κ3) is 5.13. The number of esters is 1. The summed E-state index contributed by atoms with van der Waals surface area (Å²) in [4.78, 5) is 37.6. The van der Waals surface area contributed by atoms with Gasteiger partial charge in [0.15, 0.2) is 0 Å². The van der Waals surface area contributed by atoms with Gasteiger partial charge in [0.1, 0.15) is 0 Å². The van der Waals surface area contributed by atoms with E-state index in [1.807, 2.05) is 0 Å². The highest BCUT2D eigenvalue weighted by Crippen LogP contribution is 2.31. The second-order valence-electron chi connectivity index (χ2n) is 8.44. The largest absolute Gasteiger partial charge is 0.462 e. The summed E-state index contributed by atoms with van der Waals surface area (Å²) in [5.74, 6) is -0.344. The molecule has 2 atom stereocenters. The van der Waals surface area contributed by atoms with E-state index >= 15 is 0 Å². The average molecular weight is 437 g/mol. The molecule has 0 unspecified atom stereocenters. The Bertz CT molecular complexity index is 972. The van der Waals surface area contributed by atoms with Crippen LogP contribution in [0.25, 0.3) is 0 Å². The number of carbonyl (C=O) groups is 2. The highest BCUT2D eigenvalue weighted by molar-refractivity contribution is 6.04. The standard InChI is InChI=1S/C24H27N3O5/c28-23(17-8-12-21(13-9-17)27(30)31)25-20-10-6-18(7-11-20)24(29)32-16-19-4-3-15-26-14-2-1-5-22(19)26/h6-13,19,22H,1-5,14-16H2,(H,25,28)/t19-,22+/m0/s1. The molecule has 0 radical (unpaired) electrons. The summed E-state index contributed by atoms with van der Waals surface area (Å²) >= 11 is 0. The number of benzene rings is 2. The Kier molecular flexibility index (Phi) is 6.80. The van der Waals surface area contributed by atoms with E-state index in [0.29, 0.717) is 35.4 Å². The van der Waals surface area contributed by atoms with Crippen LogP contribution in [0.5, 0.6) is 0 Å². The first-order chi connectivity index (χ1) is 15.5. The number of hydrogen-bond donors (Lipinski definition) is 1. The minimum absolute atomic E-state index is 0.0752. The lowest BCUT2D eigenvalue weighted by Crippen LogP contribution is -2.49. The van der Waals surface area contributed by atoms with Crippen molar-refractivity contribution >= 4 is 23.3 Å². The normalized spacial score (nSPS) is 20.8. The number of anilines is 1. The van der Waals surface area contributed by atoms with Crippen LogP contribution >= 0.6 is 0 Å². The molecule has 2 saturated heterocycles. The number of rotatable bonds is 6. The first-order valence-electron chi connectivity index (χ1n) is 11.1. The lowest BCUT2D eigenvalue weighted by Gasteiger charge is -2.44. The number of carbonyl (C=O) groups excluding carboxylic acids is 2. The number of nitrogens with zero attached hydrogens (tertiary/aromatic N) is 2. The lowest BCUT2D eigenvalue weighted by molar-refractivity contribution is -0.384. The fraction of sp³-hybridized carbons (Fsp3) is 0.417. The number of fused-ring (bicyclic) bond motifs is 1. The van der Waals surface area contributed by atoms with E-state index in [-0.39, 0.29) is 17.6 Å². The van der Waals surface area contributed by atoms with Crippen LogP contribution in [0.15, 0.2) is 48.5 Å². The van der Waals surface area contributed by atoms with Gasteiger partial charge in [-0.05, 0) is 75.2 Å². The van der Waals surface area contributed by atoms with Crippen LogP contribution in [0.3, 0.4) is 0 Å². The van der Waals surface area contributed by atoms with E-state index in [1.54, 1.807) is 24.3 Å². The van der Waals surface area contributed by atoms with Gasteiger partial charge in [-0.15, -0.1) is 0 Å². The van der Waals surface area contributed by atoms with Crippen molar-refractivity contribution in [3.05, 3.63) is 69.8 Å². The number of nitrogens with one attached hydrogen (secondary N) is 1. The van der Waals surface area contributed by atoms with Crippen LogP contribution in [0.1, 0.15) is 52.8 Å². The summed E-state index contributed by atoms with van der Waals surface area (Å²) in [6, 6.07) is 12.4. The number of amides is 1. The lowest BCUT2D eigenvalue weighted by atomic mass is 9.84. The minimum atomic E-state index is -0.515. The van der Waals surface area contributed by atoms with E-state index in [9.17, 15) is 19.7 Å². The molecular weight excluding hydrogens is 410 g/mol. The van der Waals surface area contributed by atoms with Gasteiger partial charge in [-0.2, -0.15) is 0 Å². The molecule has 0 saturated carbocycles. The maximum atomic E-state index is 12.5. The minimum Gasteiger partial charge on any atom is -0.462 e. The van der Waals surface area contributed by atoms with Gasteiger partial charge in [0.05, 0.1) is 17.1 Å². The van der Waals surface area contributed by atoms with Gasteiger partial charge >= 0.3 is 5.97 Å². The molecule has 168 valence electrons. The number of nitro benzene ring substituents is 1. The van der Waals surface area contributed by atoms with Crippen LogP contribution in [0, 0.1) is 16.0 Å². The summed E-state index contributed by atoms with van der Waals surface area (Å²) in [5, 5.41) is 13.4. The SMILES string of the molecule is O=C(Nc1ccc(C(=O)OC[C@@H]2CCCN3CCCC[C@H]23)cc1)c1ccc([N+](=O)[O-])cc1. The molecule has 2 aromatic rings. The Balaban J connectivity index is 1.30. The van der Waals surface area contributed by atoms with Gasteiger partial charge in [0, 0.05) is 35.3 Å². The van der Waals surface area contributed by atoms with E-state index in [1.165, 1.54) is 43.5 Å². The summed E-state index contributed by atoms with van der Waals surface area (Å²) in [7, 11) is 0. The zero-order valence-electron chi connectivity index (χ0n) is 17.9. The van der Waals surface area contributed by atoms with Crippen LogP contribution in [0.2, 0.25) is 0 Å². The molecule has 0 aliphatic carbocycles. The van der Waals surface area contributed by atoms with Crippen LogP contribution in [0.4, 0.5) is 11.4 Å². The molecular formula is C24H27N3O5. The fourth-order valence-corrected chi connectivity index (χ4v) is 4.67. The van der Waals surface area contributed by atoms with Gasteiger partial charge in [-0.1, -0.05) is 6.42 Å². The summed E-state index contributed by atoms with van der Waals surface area (Å²) in [5.41, 5.74) is 1.20. The van der Waals surface area contributed by atoms with Crippen LogP contribution in [-0.4, -0.2) is 47.4 Å². The Morgan fingerprint density at radius 3 is 2.38 bits per heavy atom. The van der Waals surface area contributed by atoms with Crippen LogP contribution in [-0.2, 0) is 4.74 Å². The molecule has 2 heterocycles. The fourth-order valence-electron chi connectivity index (χ4n) is 4.67. The number of ether oxygens (including phenoxy) is 1. The second kappa shape index (κ2) is 9.91. The van der Waals surface area contributed by atoms with E-state index in [0.717, 1.165) is 25.9 Å². The van der Waals surface area contributed by atoms with Gasteiger partial charge in [-0.25, -0.2) is 4.79 Å². The molecule has 32 heavy (non-hydrogen) atoms. The molecule has 2 aliphatic rings. The molecule has 2 aromatic carbocycles. The van der Waals surface area contributed by atoms with Crippen molar-refractivity contribution in [1.82, 2.24) is 4.90 Å². The first kappa shape index (κ1) is 22.0. The molecule has 2 fully saturated rings. The van der Waals surface area contributed by atoms with Gasteiger partial charge in [0.25, 0.3) is 11.6 Å². The maximum absolute atomic E-state index is 12.5. The highest BCUT2D eigenvalue weighted by atomic mass is 16.6. The molecule has 1 amide bonds. The molecule has 0 aromatic heterocycles. The maximum Gasteiger partial charge on any atom is 0.338 e. The highest BCUT2D eigenvalue weighted by Gasteiger charge is 2.33. The summed E-state index contributed by atoms with van der Waals surface area (Å²) < 4.78 is 5.63. The molecule has 0 bridgehead atoms.